The number of rotatable bonds is 4. The normalized spacial score (nSPS) is 13.2. The van der Waals surface area contributed by atoms with Crippen LogP contribution in [-0.4, -0.2) is 15.0 Å². The van der Waals surface area contributed by atoms with Gasteiger partial charge in [-0.2, -0.15) is 0 Å². The van der Waals surface area contributed by atoms with Gasteiger partial charge >= 0.3 is 0 Å². The van der Waals surface area contributed by atoms with Crippen LogP contribution in [0.1, 0.15) is 49.7 Å². The average Bonchev–Trinajstić information content (AvgIpc) is 3.18. The highest BCUT2D eigenvalue weighted by Gasteiger charge is 2.12. The van der Waals surface area contributed by atoms with Gasteiger partial charge in [-0.1, -0.05) is 45.0 Å². The van der Waals surface area contributed by atoms with Gasteiger partial charge in [-0.25, -0.2) is 4.98 Å². The topological polar surface area (TPSA) is 44.5 Å². The number of aromatic amines is 2. The van der Waals surface area contributed by atoms with E-state index in [1.165, 1.54) is 22.2 Å². The predicted molar refractivity (Wildman–Crippen MR) is 101 cm³/mol. The number of fused-ring (bicyclic) bond motifs is 2. The molecule has 3 heteroatoms. The third kappa shape index (κ3) is 2.71. The number of benzene rings is 2. The van der Waals surface area contributed by atoms with Crippen molar-refractivity contribution < 1.29 is 0 Å². The Morgan fingerprint density at radius 2 is 1.75 bits per heavy atom. The van der Waals surface area contributed by atoms with E-state index in [9.17, 15) is 0 Å². The maximum atomic E-state index is 4.66. The first-order chi connectivity index (χ1) is 11.6. The molecule has 2 aromatic heterocycles. The Kier molecular flexibility index (Phi) is 3.64. The van der Waals surface area contributed by atoms with Crippen molar-refractivity contribution in [3.63, 3.8) is 0 Å². The summed E-state index contributed by atoms with van der Waals surface area (Å²) in [5.41, 5.74) is 6.04. The molecular formula is C21H23N3. The van der Waals surface area contributed by atoms with Gasteiger partial charge in [0.1, 0.15) is 5.82 Å². The summed E-state index contributed by atoms with van der Waals surface area (Å²) in [6.07, 6.45) is 1.01. The lowest BCUT2D eigenvalue weighted by atomic mass is 9.98. The summed E-state index contributed by atoms with van der Waals surface area (Å²) in [6.45, 7) is 6.61. The standard InChI is InChI=1S/C21H23N3/c1-13(2)21-23-18-9-8-15(11-20(18)24-21)10-14(3)19-12-16-6-4-5-7-17(16)22-19/h4-9,11-14,22H,10H2,1-3H3,(H,23,24). The van der Waals surface area contributed by atoms with Gasteiger partial charge in [-0.05, 0) is 41.6 Å². The molecule has 4 aromatic rings. The number of hydrogen-bond acceptors (Lipinski definition) is 1. The quantitative estimate of drug-likeness (QED) is 0.512. The van der Waals surface area contributed by atoms with Gasteiger partial charge in [-0.15, -0.1) is 0 Å². The third-order valence-corrected chi connectivity index (χ3v) is 4.74. The van der Waals surface area contributed by atoms with E-state index in [0.717, 1.165) is 23.3 Å². The molecule has 2 aromatic carbocycles. The average molecular weight is 317 g/mol. The van der Waals surface area contributed by atoms with Crippen LogP contribution in [0.2, 0.25) is 0 Å². The number of para-hydroxylation sites is 1. The van der Waals surface area contributed by atoms with Crippen LogP contribution in [0.5, 0.6) is 0 Å². The van der Waals surface area contributed by atoms with Crippen LogP contribution in [0.4, 0.5) is 0 Å². The van der Waals surface area contributed by atoms with Crippen molar-refractivity contribution in [1.29, 1.82) is 0 Å². The molecule has 1 atom stereocenters. The number of imidazole rings is 1. The van der Waals surface area contributed by atoms with E-state index in [-0.39, 0.29) is 0 Å². The Morgan fingerprint density at radius 1 is 0.917 bits per heavy atom. The van der Waals surface area contributed by atoms with Gasteiger partial charge in [0.15, 0.2) is 0 Å². The number of aromatic nitrogens is 3. The fourth-order valence-corrected chi connectivity index (χ4v) is 3.30. The van der Waals surface area contributed by atoms with Gasteiger partial charge in [0.05, 0.1) is 11.0 Å². The molecule has 0 saturated heterocycles. The summed E-state index contributed by atoms with van der Waals surface area (Å²) in [4.78, 5) is 11.7. The van der Waals surface area contributed by atoms with Crippen molar-refractivity contribution in [3.05, 3.63) is 65.6 Å². The van der Waals surface area contributed by atoms with E-state index < -0.39 is 0 Å². The third-order valence-electron chi connectivity index (χ3n) is 4.74. The van der Waals surface area contributed by atoms with Crippen LogP contribution in [-0.2, 0) is 6.42 Å². The molecule has 0 amide bonds. The Labute approximate surface area is 142 Å². The molecule has 4 rings (SSSR count). The van der Waals surface area contributed by atoms with Crippen molar-refractivity contribution in [2.24, 2.45) is 0 Å². The summed E-state index contributed by atoms with van der Waals surface area (Å²) < 4.78 is 0. The zero-order valence-corrected chi connectivity index (χ0v) is 14.4. The minimum Gasteiger partial charge on any atom is -0.358 e. The number of hydrogen-bond donors (Lipinski definition) is 2. The molecule has 0 bridgehead atoms. The molecule has 0 aliphatic carbocycles. The van der Waals surface area contributed by atoms with Crippen molar-refractivity contribution >= 4 is 21.9 Å². The first-order valence-electron chi connectivity index (χ1n) is 8.66. The molecule has 0 aliphatic heterocycles. The summed E-state index contributed by atoms with van der Waals surface area (Å²) >= 11 is 0. The van der Waals surface area contributed by atoms with E-state index in [1.807, 2.05) is 0 Å². The highest BCUT2D eigenvalue weighted by molar-refractivity contribution is 5.80. The fourth-order valence-electron chi connectivity index (χ4n) is 3.30. The zero-order chi connectivity index (χ0) is 16.7. The van der Waals surface area contributed by atoms with E-state index in [1.54, 1.807) is 0 Å². The van der Waals surface area contributed by atoms with Crippen LogP contribution in [0.15, 0.2) is 48.5 Å². The Hall–Kier alpha value is -2.55. The van der Waals surface area contributed by atoms with E-state index >= 15 is 0 Å². The van der Waals surface area contributed by atoms with Crippen LogP contribution in [0.3, 0.4) is 0 Å². The first kappa shape index (κ1) is 15.0. The highest BCUT2D eigenvalue weighted by Crippen LogP contribution is 2.26. The Balaban J connectivity index is 1.60. The van der Waals surface area contributed by atoms with Gasteiger partial charge in [0.2, 0.25) is 0 Å². The van der Waals surface area contributed by atoms with E-state index in [4.69, 9.17) is 0 Å². The van der Waals surface area contributed by atoms with Gasteiger partial charge < -0.3 is 9.97 Å². The second-order valence-electron chi connectivity index (χ2n) is 7.05. The van der Waals surface area contributed by atoms with Crippen molar-refractivity contribution in [3.8, 4) is 0 Å². The summed E-state index contributed by atoms with van der Waals surface area (Å²) in [5.74, 6) is 1.93. The largest absolute Gasteiger partial charge is 0.358 e. The summed E-state index contributed by atoms with van der Waals surface area (Å²) in [6, 6.07) is 17.3. The Morgan fingerprint density at radius 3 is 2.54 bits per heavy atom. The molecule has 24 heavy (non-hydrogen) atoms. The minimum atomic E-state index is 0.422. The monoisotopic (exact) mass is 317 g/mol. The van der Waals surface area contributed by atoms with Gasteiger partial charge in [0, 0.05) is 23.0 Å². The molecule has 0 aliphatic rings. The maximum absolute atomic E-state index is 4.66. The molecule has 2 heterocycles. The first-order valence-corrected chi connectivity index (χ1v) is 8.66. The van der Waals surface area contributed by atoms with Crippen LogP contribution in [0, 0.1) is 0 Å². The second-order valence-corrected chi connectivity index (χ2v) is 7.05. The molecule has 0 fully saturated rings. The van der Waals surface area contributed by atoms with E-state index in [2.05, 4.69) is 84.3 Å². The second kappa shape index (κ2) is 5.82. The van der Waals surface area contributed by atoms with Crippen molar-refractivity contribution in [1.82, 2.24) is 15.0 Å². The van der Waals surface area contributed by atoms with Crippen LogP contribution >= 0.6 is 0 Å². The predicted octanol–water partition coefficient (Wildman–Crippen LogP) is 5.51. The van der Waals surface area contributed by atoms with Gasteiger partial charge in [-0.3, -0.25) is 0 Å². The number of nitrogens with zero attached hydrogens (tertiary/aromatic N) is 1. The van der Waals surface area contributed by atoms with Crippen LogP contribution < -0.4 is 0 Å². The molecule has 122 valence electrons. The smallest absolute Gasteiger partial charge is 0.109 e. The van der Waals surface area contributed by atoms with Gasteiger partial charge in [0.25, 0.3) is 0 Å². The minimum absolute atomic E-state index is 0.422. The van der Waals surface area contributed by atoms with Crippen molar-refractivity contribution in [2.45, 2.75) is 39.0 Å². The lowest BCUT2D eigenvalue weighted by Gasteiger charge is -2.09. The lowest BCUT2D eigenvalue weighted by molar-refractivity contribution is 0.739. The molecular weight excluding hydrogens is 294 g/mol. The van der Waals surface area contributed by atoms with Crippen molar-refractivity contribution in [2.75, 3.05) is 0 Å². The molecule has 0 spiro atoms. The SMILES string of the molecule is CC(C)c1nc2ccc(CC(C)c3cc4ccccc4[nH]3)cc2[nH]1. The van der Waals surface area contributed by atoms with Crippen LogP contribution in [0.25, 0.3) is 21.9 Å². The molecule has 2 N–H and O–H groups in total. The maximum Gasteiger partial charge on any atom is 0.109 e. The molecule has 0 saturated carbocycles. The fraction of sp³-hybridized carbons (Fsp3) is 0.286. The number of H-pyrrole nitrogens is 2. The van der Waals surface area contributed by atoms with E-state index in [0.29, 0.717) is 11.8 Å². The highest BCUT2D eigenvalue weighted by atomic mass is 14.9. The zero-order valence-electron chi connectivity index (χ0n) is 14.4. The Bertz CT molecular complexity index is 958. The number of nitrogens with one attached hydrogen (secondary N) is 2. The summed E-state index contributed by atoms with van der Waals surface area (Å²) in [5, 5.41) is 1.28. The summed E-state index contributed by atoms with van der Waals surface area (Å²) in [7, 11) is 0. The molecule has 3 nitrogen and oxygen atoms in total. The lowest BCUT2D eigenvalue weighted by Crippen LogP contribution is -1.98. The molecule has 0 radical (unpaired) electrons. The molecule has 1 unspecified atom stereocenters.